The normalized spacial score (nSPS) is 18.7. The van der Waals surface area contributed by atoms with Gasteiger partial charge in [-0.3, -0.25) is 0 Å². The molecule has 0 bridgehead atoms. The van der Waals surface area contributed by atoms with Crippen LogP contribution in [0.15, 0.2) is 0 Å². The van der Waals surface area contributed by atoms with Gasteiger partial charge in [0.2, 0.25) is 17.8 Å². The Hall–Kier alpha value is -1.59. The second-order valence-electron chi connectivity index (χ2n) is 5.66. The zero-order valence-electron chi connectivity index (χ0n) is 13.8. The van der Waals surface area contributed by atoms with E-state index in [0.29, 0.717) is 11.9 Å². The summed E-state index contributed by atoms with van der Waals surface area (Å²) in [6, 6.07) is 0. The van der Waals surface area contributed by atoms with Gasteiger partial charge < -0.3 is 15.1 Å². The number of nitrogens with zero attached hydrogens (tertiary/aromatic N) is 5. The highest BCUT2D eigenvalue weighted by Crippen LogP contribution is 2.22. The van der Waals surface area contributed by atoms with E-state index < -0.39 is 0 Å². The highest BCUT2D eigenvalue weighted by molar-refractivity contribution is 5.45. The third kappa shape index (κ3) is 3.95. The van der Waals surface area contributed by atoms with Gasteiger partial charge in [-0.25, -0.2) is 0 Å². The molecule has 1 fully saturated rings. The molecule has 1 unspecified atom stereocenters. The second-order valence-corrected chi connectivity index (χ2v) is 5.66. The van der Waals surface area contributed by atoms with Gasteiger partial charge in [-0.05, 0) is 39.5 Å². The van der Waals surface area contributed by atoms with Gasteiger partial charge in [0.15, 0.2) is 0 Å². The van der Waals surface area contributed by atoms with Crippen molar-refractivity contribution >= 4 is 17.8 Å². The van der Waals surface area contributed by atoms with E-state index in [4.69, 9.17) is 4.98 Å². The lowest BCUT2D eigenvalue weighted by molar-refractivity contribution is 0.441. The van der Waals surface area contributed by atoms with Crippen LogP contribution >= 0.6 is 0 Å². The average Bonchev–Trinajstić information content (AvgIpc) is 2.49. The number of hydrogen-bond acceptors (Lipinski definition) is 6. The maximum absolute atomic E-state index is 4.71. The zero-order chi connectivity index (χ0) is 15.2. The number of anilines is 3. The van der Waals surface area contributed by atoms with Crippen molar-refractivity contribution in [1.29, 1.82) is 0 Å². The molecule has 1 atom stereocenters. The smallest absolute Gasteiger partial charge is 0.231 e. The summed E-state index contributed by atoms with van der Waals surface area (Å²) in [6.07, 6.45) is 2.51. The van der Waals surface area contributed by atoms with Crippen LogP contribution < -0.4 is 15.1 Å². The molecule has 1 aliphatic heterocycles. The molecule has 21 heavy (non-hydrogen) atoms. The van der Waals surface area contributed by atoms with Crippen molar-refractivity contribution in [2.75, 3.05) is 47.8 Å². The van der Waals surface area contributed by atoms with E-state index in [1.807, 2.05) is 0 Å². The Bertz CT molecular complexity index is 446. The highest BCUT2D eigenvalue weighted by atomic mass is 15.4. The Balaban J connectivity index is 2.30. The van der Waals surface area contributed by atoms with Gasteiger partial charge in [-0.15, -0.1) is 0 Å². The third-order valence-corrected chi connectivity index (χ3v) is 3.93. The van der Waals surface area contributed by atoms with E-state index in [1.54, 1.807) is 0 Å². The SMILES string of the molecule is CCNc1nc(N(CC)CC)nc(N2CCCC(C)C2)n1. The molecule has 2 heterocycles. The first-order chi connectivity index (χ1) is 10.2. The summed E-state index contributed by atoms with van der Waals surface area (Å²) in [6.45, 7) is 13.3. The summed E-state index contributed by atoms with van der Waals surface area (Å²) in [5, 5.41) is 3.23. The van der Waals surface area contributed by atoms with Crippen molar-refractivity contribution in [3.05, 3.63) is 0 Å². The molecule has 1 aliphatic rings. The molecule has 6 nitrogen and oxygen atoms in total. The molecule has 0 radical (unpaired) electrons. The van der Waals surface area contributed by atoms with Gasteiger partial charge in [0.1, 0.15) is 0 Å². The standard InChI is InChI=1S/C15H28N6/c1-5-16-13-17-14(20(6-2)7-3)19-15(18-13)21-10-8-9-12(4)11-21/h12H,5-11H2,1-4H3,(H,16,17,18,19). The predicted octanol–water partition coefficient (Wildman–Crippen LogP) is 2.39. The van der Waals surface area contributed by atoms with Crippen LogP contribution in [0.5, 0.6) is 0 Å². The quantitative estimate of drug-likeness (QED) is 0.869. The number of nitrogens with one attached hydrogen (secondary N) is 1. The predicted molar refractivity (Wildman–Crippen MR) is 88.2 cm³/mol. The van der Waals surface area contributed by atoms with Gasteiger partial charge in [0.05, 0.1) is 0 Å². The van der Waals surface area contributed by atoms with Crippen molar-refractivity contribution in [2.45, 2.75) is 40.5 Å². The molecule has 0 saturated carbocycles. The van der Waals surface area contributed by atoms with Crippen LogP contribution in [0.4, 0.5) is 17.8 Å². The number of hydrogen-bond donors (Lipinski definition) is 1. The lowest BCUT2D eigenvalue weighted by Crippen LogP contribution is -2.36. The minimum absolute atomic E-state index is 0.683. The Morgan fingerprint density at radius 3 is 2.57 bits per heavy atom. The highest BCUT2D eigenvalue weighted by Gasteiger charge is 2.21. The molecule has 1 saturated heterocycles. The van der Waals surface area contributed by atoms with Gasteiger partial charge in [-0.2, -0.15) is 15.0 Å². The maximum Gasteiger partial charge on any atom is 0.231 e. The van der Waals surface area contributed by atoms with Crippen molar-refractivity contribution in [3.63, 3.8) is 0 Å². The lowest BCUT2D eigenvalue weighted by Gasteiger charge is -2.31. The second kappa shape index (κ2) is 7.43. The van der Waals surface area contributed by atoms with Crippen LogP contribution in [0, 0.1) is 5.92 Å². The lowest BCUT2D eigenvalue weighted by atomic mass is 10.0. The van der Waals surface area contributed by atoms with E-state index in [9.17, 15) is 0 Å². The van der Waals surface area contributed by atoms with Gasteiger partial charge in [0.25, 0.3) is 0 Å². The van der Waals surface area contributed by atoms with Crippen molar-refractivity contribution in [1.82, 2.24) is 15.0 Å². The largest absolute Gasteiger partial charge is 0.354 e. The molecular formula is C15H28N6. The van der Waals surface area contributed by atoms with E-state index in [0.717, 1.165) is 44.6 Å². The van der Waals surface area contributed by atoms with Crippen molar-refractivity contribution < 1.29 is 0 Å². The van der Waals surface area contributed by atoms with Crippen molar-refractivity contribution in [2.24, 2.45) is 5.92 Å². The van der Waals surface area contributed by atoms with Crippen LogP contribution in [-0.2, 0) is 0 Å². The summed E-state index contributed by atoms with van der Waals surface area (Å²) >= 11 is 0. The minimum Gasteiger partial charge on any atom is -0.354 e. The number of aromatic nitrogens is 3. The van der Waals surface area contributed by atoms with Gasteiger partial charge in [0, 0.05) is 32.7 Å². The fraction of sp³-hybridized carbons (Fsp3) is 0.800. The molecule has 2 rings (SSSR count). The van der Waals surface area contributed by atoms with E-state index in [2.05, 4.69) is 52.8 Å². The third-order valence-electron chi connectivity index (χ3n) is 3.93. The van der Waals surface area contributed by atoms with Gasteiger partial charge >= 0.3 is 0 Å². The first-order valence-electron chi connectivity index (χ1n) is 8.17. The molecule has 1 aromatic rings. The molecule has 6 heteroatoms. The Morgan fingerprint density at radius 1 is 1.19 bits per heavy atom. The van der Waals surface area contributed by atoms with Crippen LogP contribution in [0.3, 0.4) is 0 Å². The van der Waals surface area contributed by atoms with Crippen LogP contribution in [0.25, 0.3) is 0 Å². The maximum atomic E-state index is 4.71. The molecule has 118 valence electrons. The van der Waals surface area contributed by atoms with Gasteiger partial charge in [-0.1, -0.05) is 6.92 Å². The summed E-state index contributed by atoms with van der Waals surface area (Å²) in [5.41, 5.74) is 0. The summed E-state index contributed by atoms with van der Waals surface area (Å²) in [4.78, 5) is 18.3. The van der Waals surface area contributed by atoms with Crippen LogP contribution in [-0.4, -0.2) is 47.7 Å². The monoisotopic (exact) mass is 292 g/mol. The topological polar surface area (TPSA) is 57.2 Å². The first-order valence-corrected chi connectivity index (χ1v) is 8.17. The summed E-state index contributed by atoms with van der Waals surface area (Å²) < 4.78 is 0. The van der Waals surface area contributed by atoms with E-state index in [-0.39, 0.29) is 0 Å². The molecule has 0 spiro atoms. The average molecular weight is 292 g/mol. The molecule has 1 aromatic heterocycles. The Labute approximate surface area is 128 Å². The zero-order valence-corrected chi connectivity index (χ0v) is 13.8. The Morgan fingerprint density at radius 2 is 1.95 bits per heavy atom. The Kier molecular flexibility index (Phi) is 5.59. The minimum atomic E-state index is 0.683. The van der Waals surface area contributed by atoms with Crippen molar-refractivity contribution in [3.8, 4) is 0 Å². The number of rotatable bonds is 6. The fourth-order valence-electron chi connectivity index (χ4n) is 2.75. The molecule has 0 amide bonds. The van der Waals surface area contributed by atoms with Crippen LogP contribution in [0.2, 0.25) is 0 Å². The van der Waals surface area contributed by atoms with E-state index >= 15 is 0 Å². The molecule has 1 N–H and O–H groups in total. The number of piperidine rings is 1. The molecule has 0 aromatic carbocycles. The summed E-state index contributed by atoms with van der Waals surface area (Å²) in [7, 11) is 0. The van der Waals surface area contributed by atoms with Crippen LogP contribution in [0.1, 0.15) is 40.5 Å². The molecule has 0 aliphatic carbocycles. The first kappa shape index (κ1) is 15.8. The molecular weight excluding hydrogens is 264 g/mol. The summed E-state index contributed by atoms with van der Waals surface area (Å²) in [5.74, 6) is 2.98. The fourth-order valence-corrected chi connectivity index (χ4v) is 2.75. The van der Waals surface area contributed by atoms with E-state index in [1.165, 1.54) is 12.8 Å².